The minimum absolute atomic E-state index is 1.04. The molecule has 0 bridgehead atoms. The SMILES string of the molecule is CC.CC.CCc1ccc2nc[nH]c2c1.CCc1ccc2nc[nH]c2c1. The highest BCUT2D eigenvalue weighted by Gasteiger charge is 1.95. The predicted molar refractivity (Wildman–Crippen MR) is 114 cm³/mol. The van der Waals surface area contributed by atoms with Crippen molar-refractivity contribution in [1.29, 1.82) is 0 Å². The van der Waals surface area contributed by atoms with Crippen molar-refractivity contribution >= 4 is 22.1 Å². The van der Waals surface area contributed by atoms with Crippen molar-refractivity contribution < 1.29 is 0 Å². The molecule has 140 valence electrons. The molecule has 0 saturated carbocycles. The van der Waals surface area contributed by atoms with Crippen LogP contribution in [0.25, 0.3) is 22.1 Å². The molecule has 0 spiro atoms. The molecular formula is C22H32N4. The first-order valence-corrected chi connectivity index (χ1v) is 9.64. The van der Waals surface area contributed by atoms with Crippen LogP contribution in [0.3, 0.4) is 0 Å². The van der Waals surface area contributed by atoms with Crippen LogP contribution in [0.15, 0.2) is 49.1 Å². The van der Waals surface area contributed by atoms with Gasteiger partial charge in [0.15, 0.2) is 0 Å². The highest BCUT2D eigenvalue weighted by Crippen LogP contribution is 2.12. The molecule has 0 aliphatic rings. The summed E-state index contributed by atoms with van der Waals surface area (Å²) in [7, 11) is 0. The van der Waals surface area contributed by atoms with Gasteiger partial charge in [0.25, 0.3) is 0 Å². The smallest absolute Gasteiger partial charge is 0.0931 e. The third kappa shape index (κ3) is 5.73. The maximum atomic E-state index is 4.14. The van der Waals surface area contributed by atoms with Crippen LogP contribution in [-0.4, -0.2) is 19.9 Å². The van der Waals surface area contributed by atoms with E-state index < -0.39 is 0 Å². The van der Waals surface area contributed by atoms with E-state index in [-0.39, 0.29) is 0 Å². The molecule has 4 nitrogen and oxygen atoms in total. The fourth-order valence-electron chi connectivity index (χ4n) is 2.41. The van der Waals surface area contributed by atoms with E-state index in [0.29, 0.717) is 0 Å². The van der Waals surface area contributed by atoms with Crippen molar-refractivity contribution in [1.82, 2.24) is 19.9 Å². The molecule has 0 aliphatic carbocycles. The third-order valence-electron chi connectivity index (χ3n) is 3.79. The molecule has 26 heavy (non-hydrogen) atoms. The predicted octanol–water partition coefficient (Wildman–Crippen LogP) is 6.30. The number of benzene rings is 2. The summed E-state index contributed by atoms with van der Waals surface area (Å²) in [6.07, 6.45) is 5.61. The highest BCUT2D eigenvalue weighted by molar-refractivity contribution is 5.75. The van der Waals surface area contributed by atoms with Gasteiger partial charge in [-0.3, -0.25) is 0 Å². The summed E-state index contributed by atoms with van der Waals surface area (Å²) in [5.41, 5.74) is 7.04. The first-order chi connectivity index (χ1) is 12.8. The zero-order chi connectivity index (χ0) is 19.4. The molecule has 0 amide bonds. The van der Waals surface area contributed by atoms with Crippen LogP contribution in [0, 0.1) is 0 Å². The molecule has 2 aromatic heterocycles. The number of nitrogens with one attached hydrogen (secondary N) is 2. The highest BCUT2D eigenvalue weighted by atomic mass is 14.9. The Morgan fingerprint density at radius 2 is 1.04 bits per heavy atom. The normalized spacial score (nSPS) is 9.46. The van der Waals surface area contributed by atoms with Crippen LogP contribution >= 0.6 is 0 Å². The van der Waals surface area contributed by atoms with Gasteiger partial charge in [0, 0.05) is 0 Å². The standard InChI is InChI=1S/2C9H10N2.2C2H6/c2*1-2-7-3-4-8-9(5-7)11-6-10-8;2*1-2/h2*3-6H,2H2,1H3,(H,10,11);2*1-2H3. The lowest BCUT2D eigenvalue weighted by Crippen LogP contribution is -1.78. The van der Waals surface area contributed by atoms with E-state index in [1.165, 1.54) is 11.1 Å². The number of H-pyrrole nitrogens is 2. The van der Waals surface area contributed by atoms with Gasteiger partial charge < -0.3 is 9.97 Å². The van der Waals surface area contributed by atoms with Gasteiger partial charge in [-0.05, 0) is 48.2 Å². The molecule has 2 aromatic carbocycles. The van der Waals surface area contributed by atoms with E-state index in [1.807, 2.05) is 39.8 Å². The monoisotopic (exact) mass is 352 g/mol. The lowest BCUT2D eigenvalue weighted by Gasteiger charge is -1.93. The molecule has 2 N–H and O–H groups in total. The van der Waals surface area contributed by atoms with Crippen molar-refractivity contribution in [2.24, 2.45) is 0 Å². The van der Waals surface area contributed by atoms with Crippen LogP contribution in [0.1, 0.15) is 52.7 Å². The van der Waals surface area contributed by atoms with Crippen LogP contribution < -0.4 is 0 Å². The van der Waals surface area contributed by atoms with Crippen LogP contribution in [0.4, 0.5) is 0 Å². The van der Waals surface area contributed by atoms with E-state index in [2.05, 4.69) is 58.0 Å². The Morgan fingerprint density at radius 1 is 0.654 bits per heavy atom. The van der Waals surface area contributed by atoms with Gasteiger partial charge in [-0.2, -0.15) is 0 Å². The van der Waals surface area contributed by atoms with Crippen LogP contribution in [0.5, 0.6) is 0 Å². The lowest BCUT2D eigenvalue weighted by molar-refractivity contribution is 1.14. The first kappa shape index (κ1) is 21.4. The second-order valence-corrected chi connectivity index (χ2v) is 5.22. The quantitative estimate of drug-likeness (QED) is 0.444. The van der Waals surface area contributed by atoms with Gasteiger partial charge >= 0.3 is 0 Å². The number of hydrogen-bond acceptors (Lipinski definition) is 2. The van der Waals surface area contributed by atoms with Crippen molar-refractivity contribution in [2.45, 2.75) is 54.4 Å². The van der Waals surface area contributed by atoms with Crippen molar-refractivity contribution in [2.75, 3.05) is 0 Å². The van der Waals surface area contributed by atoms with E-state index in [1.54, 1.807) is 12.7 Å². The number of rotatable bonds is 2. The summed E-state index contributed by atoms with van der Waals surface area (Å²) in [5.74, 6) is 0. The van der Waals surface area contributed by atoms with E-state index >= 15 is 0 Å². The number of fused-ring (bicyclic) bond motifs is 2. The largest absolute Gasteiger partial charge is 0.345 e. The van der Waals surface area contributed by atoms with E-state index in [0.717, 1.165) is 34.9 Å². The molecule has 0 saturated heterocycles. The van der Waals surface area contributed by atoms with Gasteiger partial charge in [-0.15, -0.1) is 0 Å². The topological polar surface area (TPSA) is 57.4 Å². The van der Waals surface area contributed by atoms with E-state index in [4.69, 9.17) is 0 Å². The lowest BCUT2D eigenvalue weighted by atomic mass is 10.1. The van der Waals surface area contributed by atoms with Gasteiger partial charge in [0.1, 0.15) is 0 Å². The molecule has 4 rings (SSSR count). The van der Waals surface area contributed by atoms with Gasteiger partial charge in [0.05, 0.1) is 34.7 Å². The number of aromatic nitrogens is 4. The average molecular weight is 353 g/mol. The number of hydrogen-bond donors (Lipinski definition) is 2. The minimum atomic E-state index is 1.04. The number of aryl methyl sites for hydroxylation is 2. The summed E-state index contributed by atoms with van der Waals surface area (Å²) in [6, 6.07) is 12.6. The van der Waals surface area contributed by atoms with Gasteiger partial charge in [-0.1, -0.05) is 53.7 Å². The Bertz CT molecular complexity index is 800. The molecule has 0 unspecified atom stereocenters. The van der Waals surface area contributed by atoms with Gasteiger partial charge in [0.2, 0.25) is 0 Å². The number of nitrogens with zero attached hydrogens (tertiary/aromatic N) is 2. The molecule has 2 heterocycles. The van der Waals surface area contributed by atoms with E-state index in [9.17, 15) is 0 Å². The fourth-order valence-corrected chi connectivity index (χ4v) is 2.41. The minimum Gasteiger partial charge on any atom is -0.345 e. The summed E-state index contributed by atoms with van der Waals surface area (Å²) < 4.78 is 0. The second kappa shape index (κ2) is 11.9. The van der Waals surface area contributed by atoms with Gasteiger partial charge in [-0.25, -0.2) is 9.97 Å². The van der Waals surface area contributed by atoms with Crippen molar-refractivity contribution in [3.05, 3.63) is 60.2 Å². The summed E-state index contributed by atoms with van der Waals surface area (Å²) >= 11 is 0. The maximum Gasteiger partial charge on any atom is 0.0931 e. The first-order valence-electron chi connectivity index (χ1n) is 9.64. The molecular weight excluding hydrogens is 320 g/mol. The van der Waals surface area contributed by atoms with Crippen molar-refractivity contribution in [3.63, 3.8) is 0 Å². The molecule has 0 fully saturated rings. The third-order valence-corrected chi connectivity index (χ3v) is 3.79. The Hall–Kier alpha value is -2.62. The Balaban J connectivity index is 0.000000219. The molecule has 0 aliphatic heterocycles. The number of imidazole rings is 2. The Morgan fingerprint density at radius 3 is 1.38 bits per heavy atom. The molecule has 4 heteroatoms. The summed E-state index contributed by atoms with van der Waals surface area (Å²) in [6.45, 7) is 12.3. The second-order valence-electron chi connectivity index (χ2n) is 5.22. The Labute approximate surface area is 157 Å². The zero-order valence-electron chi connectivity index (χ0n) is 16.9. The zero-order valence-corrected chi connectivity index (χ0v) is 16.9. The summed E-state index contributed by atoms with van der Waals surface area (Å²) in [5, 5.41) is 0. The average Bonchev–Trinajstić information content (AvgIpc) is 3.39. The van der Waals surface area contributed by atoms with Crippen LogP contribution in [-0.2, 0) is 12.8 Å². The van der Waals surface area contributed by atoms with Crippen molar-refractivity contribution in [3.8, 4) is 0 Å². The number of aromatic amines is 2. The molecule has 0 radical (unpaired) electrons. The molecule has 0 atom stereocenters. The van der Waals surface area contributed by atoms with Crippen LogP contribution in [0.2, 0.25) is 0 Å². The maximum absolute atomic E-state index is 4.14. The fraction of sp³-hybridized carbons (Fsp3) is 0.364. The molecule has 4 aromatic rings. The summed E-state index contributed by atoms with van der Waals surface area (Å²) in [4.78, 5) is 14.4. The Kier molecular flexibility index (Phi) is 9.77.